The van der Waals surface area contributed by atoms with Gasteiger partial charge in [-0.15, -0.1) is 0 Å². The van der Waals surface area contributed by atoms with Crippen molar-refractivity contribution < 1.29 is 18.0 Å². The van der Waals surface area contributed by atoms with Gasteiger partial charge in [-0.3, -0.25) is 13.9 Å². The summed E-state index contributed by atoms with van der Waals surface area (Å²) in [6.07, 6.45) is 0.724. The summed E-state index contributed by atoms with van der Waals surface area (Å²) >= 11 is 18.4. The molecule has 1 unspecified atom stereocenters. The van der Waals surface area contributed by atoms with Gasteiger partial charge in [-0.25, -0.2) is 8.42 Å². The van der Waals surface area contributed by atoms with Crippen LogP contribution in [0.1, 0.15) is 25.8 Å². The summed E-state index contributed by atoms with van der Waals surface area (Å²) in [7, 11) is -4.20. The fourth-order valence-corrected chi connectivity index (χ4v) is 5.76. The van der Waals surface area contributed by atoms with Gasteiger partial charge in [-0.2, -0.15) is 0 Å². The SMILES string of the molecule is CCCNC(=O)C(C)N(Cc1ccc(Cl)cc1)C(=O)CN(c1cc(Cl)cc(Cl)c1)S(=O)(=O)c1ccccc1. The predicted molar refractivity (Wildman–Crippen MR) is 152 cm³/mol. The molecule has 202 valence electrons. The molecule has 0 saturated heterocycles. The van der Waals surface area contributed by atoms with E-state index in [-0.39, 0.29) is 33.1 Å². The fraction of sp³-hybridized carbons (Fsp3) is 0.259. The molecule has 11 heteroatoms. The largest absolute Gasteiger partial charge is 0.354 e. The maximum atomic E-state index is 13.8. The van der Waals surface area contributed by atoms with Gasteiger partial charge in [-0.1, -0.05) is 72.1 Å². The van der Waals surface area contributed by atoms with Crippen molar-refractivity contribution >= 4 is 62.3 Å². The predicted octanol–water partition coefficient (Wildman–Crippen LogP) is 5.79. The molecule has 0 heterocycles. The van der Waals surface area contributed by atoms with Crippen LogP contribution in [0.5, 0.6) is 0 Å². The second kappa shape index (κ2) is 13.3. The van der Waals surface area contributed by atoms with Crippen molar-refractivity contribution in [3.8, 4) is 0 Å². The Morgan fingerprint density at radius 3 is 2.08 bits per heavy atom. The number of rotatable bonds is 11. The number of amides is 2. The summed E-state index contributed by atoms with van der Waals surface area (Å²) < 4.78 is 28.4. The molecular weight excluding hydrogens is 569 g/mol. The molecule has 0 aromatic heterocycles. The van der Waals surface area contributed by atoms with Gasteiger partial charge in [-0.05, 0) is 61.4 Å². The number of carbonyl (C=O) groups is 2. The molecule has 0 radical (unpaired) electrons. The molecule has 0 aliphatic rings. The van der Waals surface area contributed by atoms with Gasteiger partial charge in [0.2, 0.25) is 11.8 Å². The van der Waals surface area contributed by atoms with E-state index in [4.69, 9.17) is 34.8 Å². The van der Waals surface area contributed by atoms with Crippen LogP contribution >= 0.6 is 34.8 Å². The zero-order valence-corrected chi connectivity index (χ0v) is 24.0. The lowest BCUT2D eigenvalue weighted by molar-refractivity contribution is -0.139. The van der Waals surface area contributed by atoms with Crippen LogP contribution in [-0.4, -0.2) is 44.3 Å². The molecule has 0 aliphatic heterocycles. The summed E-state index contributed by atoms with van der Waals surface area (Å²) in [4.78, 5) is 28.0. The van der Waals surface area contributed by atoms with Gasteiger partial charge >= 0.3 is 0 Å². The minimum absolute atomic E-state index is 0.0121. The number of anilines is 1. The van der Waals surface area contributed by atoms with Gasteiger partial charge in [0.15, 0.2) is 0 Å². The highest BCUT2D eigenvalue weighted by molar-refractivity contribution is 7.92. The number of sulfonamides is 1. The molecule has 1 atom stereocenters. The Morgan fingerprint density at radius 2 is 1.50 bits per heavy atom. The third kappa shape index (κ3) is 7.63. The summed E-state index contributed by atoms with van der Waals surface area (Å²) in [6, 6.07) is 18.0. The Bertz CT molecular complexity index is 1350. The summed E-state index contributed by atoms with van der Waals surface area (Å²) in [5.41, 5.74) is 0.843. The molecule has 2 amide bonds. The minimum atomic E-state index is -4.20. The van der Waals surface area contributed by atoms with E-state index in [0.717, 1.165) is 16.3 Å². The monoisotopic (exact) mass is 595 g/mol. The number of halogens is 3. The van der Waals surface area contributed by atoms with Crippen LogP contribution in [0.3, 0.4) is 0 Å². The maximum absolute atomic E-state index is 13.8. The maximum Gasteiger partial charge on any atom is 0.264 e. The third-order valence-electron chi connectivity index (χ3n) is 5.73. The van der Waals surface area contributed by atoms with E-state index in [9.17, 15) is 18.0 Å². The van der Waals surface area contributed by atoms with E-state index < -0.39 is 28.5 Å². The second-order valence-corrected chi connectivity index (χ2v) is 11.7. The number of nitrogens with zero attached hydrogens (tertiary/aromatic N) is 2. The van der Waals surface area contributed by atoms with Gasteiger partial charge in [0.25, 0.3) is 10.0 Å². The summed E-state index contributed by atoms with van der Waals surface area (Å²) in [6.45, 7) is 3.44. The highest BCUT2D eigenvalue weighted by atomic mass is 35.5. The number of carbonyl (C=O) groups excluding carboxylic acids is 2. The lowest BCUT2D eigenvalue weighted by Gasteiger charge is -2.32. The molecule has 0 aliphatic carbocycles. The highest BCUT2D eigenvalue weighted by Gasteiger charge is 2.32. The van der Waals surface area contributed by atoms with Crippen molar-refractivity contribution in [3.05, 3.63) is 93.4 Å². The first kappa shape index (κ1) is 29.8. The topological polar surface area (TPSA) is 86.8 Å². The molecule has 0 bridgehead atoms. The van der Waals surface area contributed by atoms with Crippen molar-refractivity contribution in [3.63, 3.8) is 0 Å². The normalized spacial score (nSPS) is 12.0. The van der Waals surface area contributed by atoms with Crippen LogP contribution in [0.2, 0.25) is 15.1 Å². The fourth-order valence-electron chi connectivity index (χ4n) is 3.70. The Balaban J connectivity index is 2.03. The first-order chi connectivity index (χ1) is 18.0. The number of hydrogen-bond donors (Lipinski definition) is 1. The van der Waals surface area contributed by atoms with E-state index in [1.54, 1.807) is 49.4 Å². The lowest BCUT2D eigenvalue weighted by Crippen LogP contribution is -2.51. The van der Waals surface area contributed by atoms with E-state index in [1.807, 2.05) is 6.92 Å². The first-order valence-corrected chi connectivity index (χ1v) is 14.5. The van der Waals surface area contributed by atoms with Crippen molar-refractivity contribution in [1.29, 1.82) is 0 Å². The summed E-state index contributed by atoms with van der Waals surface area (Å²) in [5.74, 6) is -0.938. The average Bonchev–Trinajstić information content (AvgIpc) is 2.89. The van der Waals surface area contributed by atoms with Crippen molar-refractivity contribution in [1.82, 2.24) is 10.2 Å². The molecule has 0 saturated carbocycles. The zero-order valence-electron chi connectivity index (χ0n) is 20.9. The summed E-state index contributed by atoms with van der Waals surface area (Å²) in [5, 5.41) is 3.74. The number of nitrogens with one attached hydrogen (secondary N) is 1. The second-order valence-electron chi connectivity index (χ2n) is 8.57. The van der Waals surface area contributed by atoms with Crippen molar-refractivity contribution in [2.45, 2.75) is 37.8 Å². The van der Waals surface area contributed by atoms with Crippen LogP contribution in [-0.2, 0) is 26.2 Å². The molecule has 3 aromatic carbocycles. The van der Waals surface area contributed by atoms with Crippen molar-refractivity contribution in [2.24, 2.45) is 0 Å². The quantitative estimate of drug-likeness (QED) is 0.304. The van der Waals surface area contributed by atoms with E-state index in [2.05, 4.69) is 5.32 Å². The molecule has 3 rings (SSSR count). The Hall–Kier alpha value is -2.78. The molecule has 1 N–H and O–H groups in total. The molecule has 38 heavy (non-hydrogen) atoms. The van der Waals surface area contributed by atoms with Crippen LogP contribution in [0.25, 0.3) is 0 Å². The smallest absolute Gasteiger partial charge is 0.264 e. The van der Waals surface area contributed by atoms with Gasteiger partial charge in [0, 0.05) is 28.2 Å². The zero-order chi connectivity index (χ0) is 27.9. The van der Waals surface area contributed by atoms with Crippen LogP contribution in [0.4, 0.5) is 5.69 Å². The van der Waals surface area contributed by atoms with Crippen molar-refractivity contribution in [2.75, 3.05) is 17.4 Å². The number of hydrogen-bond acceptors (Lipinski definition) is 4. The molecular formula is C27H28Cl3N3O4S. The van der Waals surface area contributed by atoms with E-state index in [1.165, 1.54) is 35.2 Å². The highest BCUT2D eigenvalue weighted by Crippen LogP contribution is 2.30. The minimum Gasteiger partial charge on any atom is -0.354 e. The lowest BCUT2D eigenvalue weighted by atomic mass is 10.1. The van der Waals surface area contributed by atoms with Gasteiger partial charge in [0.1, 0.15) is 12.6 Å². The molecule has 0 fully saturated rings. The standard InChI is InChI=1S/C27H28Cl3N3O4S/c1-3-13-31-27(35)19(2)32(17-20-9-11-21(28)12-10-20)26(34)18-33(24-15-22(29)14-23(30)16-24)38(36,37)25-7-5-4-6-8-25/h4-12,14-16,19H,3,13,17-18H2,1-2H3,(H,31,35). The molecule has 3 aromatic rings. The van der Waals surface area contributed by atoms with Gasteiger partial charge in [0.05, 0.1) is 10.6 Å². The van der Waals surface area contributed by atoms with Crippen LogP contribution < -0.4 is 9.62 Å². The van der Waals surface area contributed by atoms with Gasteiger partial charge < -0.3 is 10.2 Å². The van der Waals surface area contributed by atoms with E-state index in [0.29, 0.717) is 11.6 Å². The Morgan fingerprint density at radius 1 is 0.895 bits per heavy atom. The average molecular weight is 597 g/mol. The molecule has 0 spiro atoms. The van der Waals surface area contributed by atoms with E-state index >= 15 is 0 Å². The van der Waals surface area contributed by atoms with Crippen LogP contribution in [0, 0.1) is 0 Å². The third-order valence-corrected chi connectivity index (χ3v) is 8.20. The number of benzene rings is 3. The Kier molecular flexibility index (Phi) is 10.4. The Labute approximate surface area is 238 Å². The first-order valence-electron chi connectivity index (χ1n) is 11.9. The molecule has 7 nitrogen and oxygen atoms in total. The van der Waals surface area contributed by atoms with Crippen LogP contribution in [0.15, 0.2) is 77.7 Å².